The molecule has 2 heterocycles. The first-order valence-corrected chi connectivity index (χ1v) is 11.9. The number of H-pyrrole nitrogens is 1. The van der Waals surface area contributed by atoms with E-state index in [9.17, 15) is 37.1 Å². The van der Waals surface area contributed by atoms with Crippen LogP contribution in [0.2, 0.25) is 0 Å². The number of nitrogens with one attached hydrogen (secondary N) is 3. The normalized spacial score (nSPS) is 17.6. The van der Waals surface area contributed by atoms with Crippen LogP contribution in [0, 0.1) is 5.41 Å². The highest BCUT2D eigenvalue weighted by molar-refractivity contribution is 5.95. The van der Waals surface area contributed by atoms with Crippen molar-refractivity contribution in [2.24, 2.45) is 11.1 Å². The van der Waals surface area contributed by atoms with Crippen molar-refractivity contribution >= 4 is 34.7 Å². The van der Waals surface area contributed by atoms with Gasteiger partial charge in [0.05, 0.1) is 11.0 Å². The topological polar surface area (TPSA) is 167 Å². The van der Waals surface area contributed by atoms with Gasteiger partial charge in [-0.3, -0.25) is 24.0 Å². The summed E-state index contributed by atoms with van der Waals surface area (Å²) in [5.74, 6) is -4.86. The Morgan fingerprint density at radius 3 is 2.42 bits per heavy atom. The minimum Gasteiger partial charge on any atom is -0.368 e. The third-order valence-corrected chi connectivity index (χ3v) is 6.21. The molecule has 5 N–H and O–H groups in total. The van der Waals surface area contributed by atoms with Gasteiger partial charge in [0, 0.05) is 13.0 Å². The fourth-order valence-corrected chi connectivity index (χ4v) is 4.22. The zero-order valence-corrected chi connectivity index (χ0v) is 21.0. The van der Waals surface area contributed by atoms with Gasteiger partial charge >= 0.3 is 12.1 Å². The standard InChI is InChI=1S/C24H29F3N6O5/c1-23(2,3)17(32-22(38)24(25,26)27)21(37)33-10-6-9-16(33)20(36)31-14(18(28)34)11-15-19(35)30-13-8-5-4-7-12(13)29-15/h4-5,7-8,14,16-17H,6,9-11H2,1-3H3,(H2,28,34)(H,30,35)(H,31,36)(H,32,38). The highest BCUT2D eigenvalue weighted by Gasteiger charge is 2.46. The molecule has 1 fully saturated rings. The maximum Gasteiger partial charge on any atom is 0.471 e. The number of fused-ring (bicyclic) bond motifs is 1. The second-order valence-corrected chi connectivity index (χ2v) is 10.2. The number of aromatic nitrogens is 2. The first-order valence-electron chi connectivity index (χ1n) is 11.9. The number of nitrogens with zero attached hydrogens (tertiary/aromatic N) is 2. The summed E-state index contributed by atoms with van der Waals surface area (Å²) in [6, 6.07) is 2.67. The molecule has 1 aromatic heterocycles. The van der Waals surface area contributed by atoms with Gasteiger partial charge in [0.15, 0.2) is 0 Å². The number of hydrogen-bond donors (Lipinski definition) is 4. The van der Waals surface area contributed by atoms with Crippen molar-refractivity contribution < 1.29 is 32.3 Å². The van der Waals surface area contributed by atoms with Gasteiger partial charge in [0.1, 0.15) is 23.8 Å². The molecule has 3 atom stereocenters. The molecule has 1 saturated heterocycles. The molecule has 0 saturated carbocycles. The van der Waals surface area contributed by atoms with Gasteiger partial charge in [0.2, 0.25) is 17.7 Å². The van der Waals surface area contributed by atoms with Crippen molar-refractivity contribution in [1.82, 2.24) is 25.5 Å². The maximum absolute atomic E-state index is 13.3. The second-order valence-electron chi connectivity index (χ2n) is 10.2. The van der Waals surface area contributed by atoms with Gasteiger partial charge < -0.3 is 26.3 Å². The van der Waals surface area contributed by atoms with E-state index in [0.29, 0.717) is 17.5 Å². The summed E-state index contributed by atoms with van der Waals surface area (Å²) in [7, 11) is 0. The van der Waals surface area contributed by atoms with E-state index in [1.807, 2.05) is 0 Å². The average Bonchev–Trinajstić information content (AvgIpc) is 3.30. The molecule has 1 aliphatic heterocycles. The minimum atomic E-state index is -5.20. The lowest BCUT2D eigenvalue weighted by Gasteiger charge is -2.35. The number of amides is 4. The predicted octanol–water partition coefficient (Wildman–Crippen LogP) is 0.520. The Balaban J connectivity index is 1.79. The number of halogens is 3. The van der Waals surface area contributed by atoms with Crippen molar-refractivity contribution in [3.63, 3.8) is 0 Å². The van der Waals surface area contributed by atoms with Crippen LogP contribution in [0.1, 0.15) is 39.3 Å². The van der Waals surface area contributed by atoms with Crippen molar-refractivity contribution in [3.05, 3.63) is 40.3 Å². The Labute approximate surface area is 215 Å². The van der Waals surface area contributed by atoms with E-state index in [1.165, 1.54) is 20.8 Å². The number of likely N-dealkylation sites (tertiary alicyclic amines) is 1. The molecular weight excluding hydrogens is 509 g/mol. The lowest BCUT2D eigenvalue weighted by molar-refractivity contribution is -0.176. The molecule has 3 unspecified atom stereocenters. The summed E-state index contributed by atoms with van der Waals surface area (Å²) >= 11 is 0. The third-order valence-electron chi connectivity index (χ3n) is 6.21. The van der Waals surface area contributed by atoms with Crippen LogP contribution in [0.25, 0.3) is 11.0 Å². The van der Waals surface area contributed by atoms with Crippen LogP contribution in [-0.2, 0) is 25.6 Å². The molecule has 206 valence electrons. The van der Waals surface area contributed by atoms with E-state index >= 15 is 0 Å². The number of para-hydroxylation sites is 2. The number of alkyl halides is 3. The Kier molecular flexibility index (Phi) is 8.12. The molecule has 0 radical (unpaired) electrons. The Morgan fingerprint density at radius 2 is 1.82 bits per heavy atom. The van der Waals surface area contributed by atoms with E-state index in [1.54, 1.807) is 29.6 Å². The zero-order chi connectivity index (χ0) is 28.4. The van der Waals surface area contributed by atoms with Crippen molar-refractivity contribution in [3.8, 4) is 0 Å². The maximum atomic E-state index is 13.3. The first kappa shape index (κ1) is 28.6. The molecule has 11 nitrogen and oxygen atoms in total. The number of aromatic amines is 1. The van der Waals surface area contributed by atoms with E-state index < -0.39 is 58.9 Å². The second kappa shape index (κ2) is 10.8. The number of nitrogens with two attached hydrogens (primary N) is 1. The molecule has 2 aromatic rings. The summed E-state index contributed by atoms with van der Waals surface area (Å²) in [6.45, 7) is 4.50. The fourth-order valence-electron chi connectivity index (χ4n) is 4.22. The lowest BCUT2D eigenvalue weighted by Crippen LogP contribution is -2.60. The number of hydrogen-bond acceptors (Lipinski definition) is 6. The predicted molar refractivity (Wildman–Crippen MR) is 129 cm³/mol. The van der Waals surface area contributed by atoms with E-state index in [0.717, 1.165) is 4.90 Å². The van der Waals surface area contributed by atoms with Crippen LogP contribution in [0.4, 0.5) is 13.2 Å². The van der Waals surface area contributed by atoms with Gasteiger partial charge in [-0.25, -0.2) is 4.98 Å². The Bertz CT molecular complexity index is 1300. The molecule has 1 aliphatic rings. The molecule has 38 heavy (non-hydrogen) atoms. The summed E-state index contributed by atoms with van der Waals surface area (Å²) in [5, 5.41) is 4.18. The zero-order valence-electron chi connectivity index (χ0n) is 21.0. The van der Waals surface area contributed by atoms with E-state index in [4.69, 9.17) is 5.73 Å². The quantitative estimate of drug-likeness (QED) is 0.401. The average molecular weight is 539 g/mol. The summed E-state index contributed by atoms with van der Waals surface area (Å²) in [6.07, 6.45) is -4.99. The number of carbonyl (C=O) groups excluding carboxylic acids is 4. The molecule has 14 heteroatoms. The Morgan fingerprint density at radius 1 is 1.16 bits per heavy atom. The highest BCUT2D eigenvalue weighted by atomic mass is 19.4. The van der Waals surface area contributed by atoms with Crippen molar-refractivity contribution in [1.29, 1.82) is 0 Å². The van der Waals surface area contributed by atoms with E-state index in [-0.39, 0.29) is 25.1 Å². The molecule has 1 aromatic carbocycles. The first-order chi connectivity index (χ1) is 17.6. The summed E-state index contributed by atoms with van der Waals surface area (Å²) < 4.78 is 38.6. The van der Waals surface area contributed by atoms with Gasteiger partial charge in [0.25, 0.3) is 5.56 Å². The van der Waals surface area contributed by atoms with Crippen LogP contribution in [0.15, 0.2) is 29.1 Å². The largest absolute Gasteiger partial charge is 0.471 e. The number of primary amides is 1. The molecule has 3 rings (SSSR count). The Hall–Kier alpha value is -3.97. The molecule has 0 spiro atoms. The van der Waals surface area contributed by atoms with Crippen LogP contribution in [0.5, 0.6) is 0 Å². The molecule has 4 amide bonds. The van der Waals surface area contributed by atoms with Crippen LogP contribution in [-0.4, -0.2) is 69.3 Å². The number of rotatable bonds is 7. The SMILES string of the molecule is CC(C)(C)C(NC(=O)C(F)(F)F)C(=O)N1CCCC1C(=O)NC(Cc1nc2ccccc2[nH]c1=O)C(N)=O. The van der Waals surface area contributed by atoms with Crippen molar-refractivity contribution in [2.45, 2.75) is 64.3 Å². The molecular formula is C24H29F3N6O5. The molecule has 0 bridgehead atoms. The van der Waals surface area contributed by atoms with Crippen LogP contribution < -0.4 is 21.9 Å². The highest BCUT2D eigenvalue weighted by Crippen LogP contribution is 2.27. The smallest absolute Gasteiger partial charge is 0.368 e. The monoisotopic (exact) mass is 538 g/mol. The molecule has 0 aliphatic carbocycles. The lowest BCUT2D eigenvalue weighted by atomic mass is 9.85. The fraction of sp³-hybridized carbons (Fsp3) is 0.500. The number of carbonyl (C=O) groups is 4. The summed E-state index contributed by atoms with van der Waals surface area (Å²) in [5.41, 5.74) is 4.67. The van der Waals surface area contributed by atoms with Gasteiger partial charge in [-0.1, -0.05) is 32.9 Å². The van der Waals surface area contributed by atoms with Crippen molar-refractivity contribution in [2.75, 3.05) is 6.54 Å². The number of benzene rings is 1. The minimum absolute atomic E-state index is 0.0465. The van der Waals surface area contributed by atoms with Gasteiger partial charge in [-0.2, -0.15) is 13.2 Å². The van der Waals surface area contributed by atoms with Crippen LogP contribution >= 0.6 is 0 Å². The van der Waals surface area contributed by atoms with Crippen LogP contribution in [0.3, 0.4) is 0 Å². The van der Waals surface area contributed by atoms with Gasteiger partial charge in [-0.05, 0) is 30.4 Å². The third kappa shape index (κ3) is 6.47. The summed E-state index contributed by atoms with van der Waals surface area (Å²) in [4.78, 5) is 70.5. The van der Waals surface area contributed by atoms with E-state index in [2.05, 4.69) is 15.3 Å². The van der Waals surface area contributed by atoms with Gasteiger partial charge in [-0.15, -0.1) is 0 Å².